The lowest BCUT2D eigenvalue weighted by atomic mass is 10.1. The van der Waals surface area contributed by atoms with E-state index >= 15 is 0 Å². The molecule has 0 aliphatic heterocycles. The molecule has 3 aromatic carbocycles. The molecule has 9 nitrogen and oxygen atoms in total. The number of hydrogen-bond acceptors (Lipinski definition) is 6. The molecule has 11 heteroatoms. The zero-order chi connectivity index (χ0) is 27.3. The minimum atomic E-state index is -4.06. The summed E-state index contributed by atoms with van der Waals surface area (Å²) in [5.41, 5.74) is 2.64. The molecule has 0 saturated carbocycles. The first kappa shape index (κ1) is 26.8. The molecule has 0 aliphatic rings. The van der Waals surface area contributed by atoms with Crippen molar-refractivity contribution in [2.45, 2.75) is 23.6 Å². The number of benzene rings is 3. The second-order valence-electron chi connectivity index (χ2n) is 8.46. The topological polar surface area (TPSA) is 126 Å². The summed E-state index contributed by atoms with van der Waals surface area (Å²) >= 11 is 0. The van der Waals surface area contributed by atoms with Crippen molar-refractivity contribution in [3.8, 4) is 0 Å². The molecule has 0 atom stereocenters. The van der Waals surface area contributed by atoms with Crippen LogP contribution >= 0.6 is 0 Å². The number of carbonyl (C=O) groups excluding carboxylic acids is 1. The Morgan fingerprint density at radius 3 is 2.16 bits per heavy atom. The van der Waals surface area contributed by atoms with Crippen LogP contribution in [0, 0.1) is 13.8 Å². The number of pyridine rings is 1. The number of sulfonamides is 2. The molecule has 2 N–H and O–H groups in total. The van der Waals surface area contributed by atoms with Crippen LogP contribution in [0.2, 0.25) is 0 Å². The molecule has 1 amide bonds. The molecular formula is C27H26N4O5S2. The molecule has 0 aliphatic carbocycles. The summed E-state index contributed by atoms with van der Waals surface area (Å²) in [5, 5.41) is 2.66. The zero-order valence-corrected chi connectivity index (χ0v) is 22.3. The van der Waals surface area contributed by atoms with Crippen molar-refractivity contribution in [1.29, 1.82) is 0 Å². The van der Waals surface area contributed by atoms with Crippen molar-refractivity contribution in [3.63, 3.8) is 0 Å². The predicted molar refractivity (Wildman–Crippen MR) is 147 cm³/mol. The highest BCUT2D eigenvalue weighted by Gasteiger charge is 2.28. The van der Waals surface area contributed by atoms with E-state index in [2.05, 4.69) is 15.0 Å². The van der Waals surface area contributed by atoms with Crippen molar-refractivity contribution in [1.82, 2.24) is 4.98 Å². The molecule has 1 heterocycles. The van der Waals surface area contributed by atoms with E-state index in [0.717, 1.165) is 15.4 Å². The zero-order valence-electron chi connectivity index (χ0n) is 20.7. The van der Waals surface area contributed by atoms with Crippen LogP contribution in [0.25, 0.3) is 0 Å². The fourth-order valence-corrected chi connectivity index (χ4v) is 6.25. The third-order valence-corrected chi connectivity index (χ3v) is 9.00. The summed E-state index contributed by atoms with van der Waals surface area (Å²) < 4.78 is 55.9. The molecule has 1 aromatic heterocycles. The first-order chi connectivity index (χ1) is 18.1. The van der Waals surface area contributed by atoms with E-state index in [9.17, 15) is 21.6 Å². The molecule has 196 valence electrons. The Morgan fingerprint density at radius 2 is 1.50 bits per heavy atom. The number of amides is 1. The van der Waals surface area contributed by atoms with E-state index in [0.29, 0.717) is 17.1 Å². The number of carbonyl (C=O) groups is 1. The number of aryl methyl sites for hydroxylation is 1. The Morgan fingerprint density at radius 1 is 0.789 bits per heavy atom. The number of anilines is 3. The predicted octanol–water partition coefficient (Wildman–Crippen LogP) is 4.33. The number of nitrogens with zero attached hydrogens (tertiary/aromatic N) is 2. The smallest absolute Gasteiger partial charge is 0.264 e. The summed E-state index contributed by atoms with van der Waals surface area (Å²) in [6.45, 7) is 3.18. The maximum absolute atomic E-state index is 13.6. The molecule has 0 radical (unpaired) electrons. The number of nitrogens with one attached hydrogen (secondary N) is 2. The second-order valence-corrected chi connectivity index (χ2v) is 12.0. The van der Waals surface area contributed by atoms with Gasteiger partial charge in [0.1, 0.15) is 6.54 Å². The van der Waals surface area contributed by atoms with Gasteiger partial charge in [-0.15, -0.1) is 0 Å². The van der Waals surface area contributed by atoms with Crippen LogP contribution in [-0.2, 0) is 24.8 Å². The summed E-state index contributed by atoms with van der Waals surface area (Å²) in [5.74, 6) is -0.588. The van der Waals surface area contributed by atoms with Gasteiger partial charge < -0.3 is 5.32 Å². The average Bonchev–Trinajstić information content (AvgIpc) is 2.90. The van der Waals surface area contributed by atoms with Crippen molar-refractivity contribution in [2.24, 2.45) is 0 Å². The standard InChI is InChI=1S/C27H26N4O5S2/c1-20-8-6-12-26(21(20)2)31(38(35,36)25-10-4-3-5-11-25)19-27(32)29-22-13-15-24(16-14-22)37(33,34)30-23-9-7-17-28-18-23/h3-18,30H,19H2,1-2H3,(H,29,32). The number of hydrogen-bond donors (Lipinski definition) is 2. The van der Waals surface area contributed by atoms with E-state index in [-0.39, 0.29) is 9.79 Å². The Labute approximate surface area is 222 Å². The van der Waals surface area contributed by atoms with E-state index in [1.807, 2.05) is 13.0 Å². The normalized spacial score (nSPS) is 11.5. The lowest BCUT2D eigenvalue weighted by molar-refractivity contribution is -0.114. The summed E-state index contributed by atoms with van der Waals surface area (Å²) in [6.07, 6.45) is 2.92. The Kier molecular flexibility index (Phi) is 7.79. The van der Waals surface area contributed by atoms with Gasteiger partial charge in [0, 0.05) is 11.9 Å². The SMILES string of the molecule is Cc1cccc(N(CC(=O)Nc2ccc(S(=O)(=O)Nc3cccnc3)cc2)S(=O)(=O)c2ccccc2)c1C. The molecule has 0 bridgehead atoms. The van der Waals surface area contributed by atoms with Gasteiger partial charge in [0.15, 0.2) is 0 Å². The summed E-state index contributed by atoms with van der Waals surface area (Å²) in [7, 11) is -7.92. The number of aromatic nitrogens is 1. The largest absolute Gasteiger partial charge is 0.325 e. The Bertz CT molecular complexity index is 1640. The molecule has 0 saturated heterocycles. The van der Waals surface area contributed by atoms with Crippen LogP contribution in [0.4, 0.5) is 17.1 Å². The maximum atomic E-state index is 13.6. The summed E-state index contributed by atoms with van der Waals surface area (Å²) in [4.78, 5) is 17.0. The highest BCUT2D eigenvalue weighted by atomic mass is 32.2. The second kappa shape index (κ2) is 11.0. The van der Waals surface area contributed by atoms with Gasteiger partial charge in [0.25, 0.3) is 20.0 Å². The van der Waals surface area contributed by atoms with E-state index < -0.39 is 32.5 Å². The third-order valence-electron chi connectivity index (χ3n) is 5.83. The van der Waals surface area contributed by atoms with Gasteiger partial charge in [-0.2, -0.15) is 0 Å². The van der Waals surface area contributed by atoms with E-state index in [4.69, 9.17) is 0 Å². The minimum absolute atomic E-state index is 0.0111. The Balaban J connectivity index is 1.56. The van der Waals surface area contributed by atoms with Gasteiger partial charge in [-0.1, -0.05) is 30.3 Å². The van der Waals surface area contributed by atoms with Gasteiger partial charge in [-0.3, -0.25) is 18.8 Å². The minimum Gasteiger partial charge on any atom is -0.325 e. The molecule has 4 aromatic rings. The van der Waals surface area contributed by atoms with Gasteiger partial charge in [-0.25, -0.2) is 16.8 Å². The van der Waals surface area contributed by atoms with Crippen LogP contribution in [0.15, 0.2) is 107 Å². The molecule has 4 rings (SSSR count). The van der Waals surface area contributed by atoms with Gasteiger partial charge in [0.2, 0.25) is 5.91 Å². The Hall–Kier alpha value is -4.22. The molecule has 0 spiro atoms. The lowest BCUT2D eigenvalue weighted by Crippen LogP contribution is -2.38. The quantitative estimate of drug-likeness (QED) is 0.320. The molecule has 0 fully saturated rings. The monoisotopic (exact) mass is 550 g/mol. The fourth-order valence-electron chi connectivity index (χ4n) is 3.71. The lowest BCUT2D eigenvalue weighted by Gasteiger charge is -2.26. The maximum Gasteiger partial charge on any atom is 0.264 e. The van der Waals surface area contributed by atoms with Crippen LogP contribution < -0.4 is 14.3 Å². The van der Waals surface area contributed by atoms with Crippen molar-refractivity contribution < 1.29 is 21.6 Å². The van der Waals surface area contributed by atoms with E-state index in [1.54, 1.807) is 49.4 Å². The first-order valence-electron chi connectivity index (χ1n) is 11.5. The highest BCUT2D eigenvalue weighted by molar-refractivity contribution is 7.93. The van der Waals surface area contributed by atoms with Crippen LogP contribution in [-0.4, -0.2) is 34.3 Å². The summed E-state index contributed by atoms with van der Waals surface area (Å²) in [6, 6.07) is 21.9. The van der Waals surface area contributed by atoms with Crippen LogP contribution in [0.3, 0.4) is 0 Å². The fraction of sp³-hybridized carbons (Fsp3) is 0.111. The van der Waals surface area contributed by atoms with Crippen LogP contribution in [0.1, 0.15) is 11.1 Å². The third kappa shape index (κ3) is 6.01. The molecule has 38 heavy (non-hydrogen) atoms. The van der Waals surface area contributed by atoms with Gasteiger partial charge in [0.05, 0.1) is 27.4 Å². The molecule has 0 unspecified atom stereocenters. The van der Waals surface area contributed by atoms with Crippen LogP contribution in [0.5, 0.6) is 0 Å². The van der Waals surface area contributed by atoms with Gasteiger partial charge >= 0.3 is 0 Å². The molecular weight excluding hydrogens is 524 g/mol. The van der Waals surface area contributed by atoms with Crippen molar-refractivity contribution in [3.05, 3.63) is 108 Å². The average molecular weight is 551 g/mol. The number of rotatable bonds is 9. The van der Waals surface area contributed by atoms with Crippen molar-refractivity contribution in [2.75, 3.05) is 20.9 Å². The van der Waals surface area contributed by atoms with E-state index in [1.165, 1.54) is 48.8 Å². The van der Waals surface area contributed by atoms with Crippen molar-refractivity contribution >= 4 is 43.0 Å². The van der Waals surface area contributed by atoms with Gasteiger partial charge in [-0.05, 0) is 79.6 Å². The highest BCUT2D eigenvalue weighted by Crippen LogP contribution is 2.28. The first-order valence-corrected chi connectivity index (χ1v) is 14.5.